The molecule has 5 nitrogen and oxygen atoms in total. The highest BCUT2D eigenvalue weighted by Gasteiger charge is 2.17. The molecule has 0 aliphatic heterocycles. The van der Waals surface area contributed by atoms with Crippen molar-refractivity contribution in [2.75, 3.05) is 27.2 Å². The van der Waals surface area contributed by atoms with Crippen molar-refractivity contribution < 1.29 is 14.6 Å². The van der Waals surface area contributed by atoms with Crippen LogP contribution in [0.1, 0.15) is 22.3 Å². The fourth-order valence-corrected chi connectivity index (χ4v) is 3.45. The molecule has 0 aliphatic rings. The maximum absolute atomic E-state index is 11.3. The zero-order valence-electron chi connectivity index (χ0n) is 13.3. The number of carboxylic acid groups (broad SMARTS) is 1. The monoisotopic (exact) mass is 398 g/mol. The maximum atomic E-state index is 11.3. The number of halogens is 1. The first-order valence-corrected chi connectivity index (χ1v) is 8.83. The lowest BCUT2D eigenvalue weighted by Gasteiger charge is -2.12. The zero-order chi connectivity index (χ0) is 17.0. The van der Waals surface area contributed by atoms with Gasteiger partial charge in [0.25, 0.3) is 0 Å². The van der Waals surface area contributed by atoms with E-state index >= 15 is 0 Å². The molecule has 2 rings (SSSR count). The molecule has 1 N–H and O–H groups in total. The fourth-order valence-electron chi connectivity index (χ4n) is 1.97. The van der Waals surface area contributed by atoms with Crippen LogP contribution in [0.3, 0.4) is 0 Å². The smallest absolute Gasteiger partial charge is 0.347 e. The average Bonchev–Trinajstić information content (AvgIpc) is 2.93. The van der Waals surface area contributed by atoms with E-state index in [9.17, 15) is 9.90 Å². The summed E-state index contributed by atoms with van der Waals surface area (Å²) in [6.45, 7) is 3.34. The van der Waals surface area contributed by atoms with Crippen molar-refractivity contribution in [2.45, 2.75) is 13.3 Å². The van der Waals surface area contributed by atoms with Crippen molar-refractivity contribution >= 4 is 33.2 Å². The number of ether oxygens (including phenoxy) is 1. The fraction of sp³-hybridized carbons (Fsp3) is 0.375. The van der Waals surface area contributed by atoms with Crippen molar-refractivity contribution in [3.05, 3.63) is 33.2 Å². The van der Waals surface area contributed by atoms with Gasteiger partial charge in [-0.25, -0.2) is 9.78 Å². The Morgan fingerprint density at radius 2 is 2.17 bits per heavy atom. The molecule has 0 saturated heterocycles. The minimum Gasteiger partial charge on any atom is -0.491 e. The zero-order valence-corrected chi connectivity index (χ0v) is 15.7. The van der Waals surface area contributed by atoms with E-state index in [1.807, 2.05) is 39.2 Å². The van der Waals surface area contributed by atoms with Gasteiger partial charge in [0.2, 0.25) is 0 Å². The van der Waals surface area contributed by atoms with Crippen LogP contribution in [0.25, 0.3) is 10.6 Å². The molecular weight excluding hydrogens is 380 g/mol. The highest BCUT2D eigenvalue weighted by Crippen LogP contribution is 2.34. The summed E-state index contributed by atoms with van der Waals surface area (Å²) < 4.78 is 6.56. The highest BCUT2D eigenvalue weighted by atomic mass is 79.9. The van der Waals surface area contributed by atoms with E-state index in [1.54, 1.807) is 0 Å². The average molecular weight is 399 g/mol. The Morgan fingerprint density at radius 3 is 2.70 bits per heavy atom. The summed E-state index contributed by atoms with van der Waals surface area (Å²) >= 11 is 4.71. The summed E-state index contributed by atoms with van der Waals surface area (Å²) in [5.74, 6) is -0.158. The summed E-state index contributed by atoms with van der Waals surface area (Å²) in [4.78, 5) is 18.1. The van der Waals surface area contributed by atoms with Crippen molar-refractivity contribution in [3.63, 3.8) is 0 Å². The van der Waals surface area contributed by atoms with E-state index in [0.717, 1.165) is 22.3 Å². The van der Waals surface area contributed by atoms with Crippen LogP contribution in [-0.4, -0.2) is 48.2 Å². The van der Waals surface area contributed by atoms with Gasteiger partial charge in [-0.05, 0) is 54.6 Å². The Morgan fingerprint density at radius 1 is 1.43 bits per heavy atom. The van der Waals surface area contributed by atoms with E-state index in [-0.39, 0.29) is 0 Å². The van der Waals surface area contributed by atoms with Gasteiger partial charge in [-0.1, -0.05) is 6.92 Å². The molecule has 1 heterocycles. The third kappa shape index (κ3) is 4.53. The molecule has 0 bridgehead atoms. The van der Waals surface area contributed by atoms with Crippen LogP contribution in [0.4, 0.5) is 0 Å². The normalized spacial score (nSPS) is 11.0. The molecule has 0 aliphatic carbocycles. The van der Waals surface area contributed by atoms with Gasteiger partial charge in [0.15, 0.2) is 0 Å². The van der Waals surface area contributed by atoms with Crippen LogP contribution in [0.5, 0.6) is 5.75 Å². The predicted molar refractivity (Wildman–Crippen MR) is 95.6 cm³/mol. The molecule has 0 atom stereocenters. The van der Waals surface area contributed by atoms with Crippen LogP contribution < -0.4 is 4.74 Å². The number of thiazole rings is 1. The molecule has 1 aromatic heterocycles. The number of aromatic carboxylic acids is 1. The number of carboxylic acids is 1. The Kier molecular flexibility index (Phi) is 6.15. The number of carbonyl (C=O) groups is 1. The Hall–Kier alpha value is -1.44. The lowest BCUT2D eigenvalue weighted by molar-refractivity contribution is 0.0701. The molecule has 1 aromatic carbocycles. The number of benzene rings is 1. The summed E-state index contributed by atoms with van der Waals surface area (Å²) in [7, 11) is 3.99. The van der Waals surface area contributed by atoms with E-state index < -0.39 is 5.97 Å². The third-order valence-corrected chi connectivity index (χ3v) is 4.96. The second kappa shape index (κ2) is 7.90. The number of nitrogens with zero attached hydrogens (tertiary/aromatic N) is 2. The van der Waals surface area contributed by atoms with Gasteiger partial charge in [-0.2, -0.15) is 0 Å². The number of hydrogen-bond acceptors (Lipinski definition) is 5. The summed E-state index contributed by atoms with van der Waals surface area (Å²) in [5, 5.41) is 9.94. The van der Waals surface area contributed by atoms with Gasteiger partial charge < -0.3 is 14.7 Å². The van der Waals surface area contributed by atoms with Gasteiger partial charge >= 0.3 is 5.97 Å². The van der Waals surface area contributed by atoms with E-state index in [0.29, 0.717) is 28.6 Å². The first-order chi connectivity index (χ1) is 10.9. The molecule has 7 heteroatoms. The van der Waals surface area contributed by atoms with E-state index in [4.69, 9.17) is 4.74 Å². The van der Waals surface area contributed by atoms with Crippen molar-refractivity contribution in [1.82, 2.24) is 9.88 Å². The SMILES string of the molecule is CCc1nc(-c2ccc(OCCN(C)C)c(Br)c2)sc1C(=O)O. The van der Waals surface area contributed by atoms with Crippen LogP contribution >= 0.6 is 27.3 Å². The van der Waals surface area contributed by atoms with Gasteiger partial charge in [0.05, 0.1) is 10.2 Å². The van der Waals surface area contributed by atoms with Crippen LogP contribution in [0, 0.1) is 0 Å². The summed E-state index contributed by atoms with van der Waals surface area (Å²) in [5.41, 5.74) is 1.50. The van der Waals surface area contributed by atoms with Crippen LogP contribution in [-0.2, 0) is 6.42 Å². The first-order valence-electron chi connectivity index (χ1n) is 7.22. The first kappa shape index (κ1) is 17.9. The Bertz CT molecular complexity index is 701. The van der Waals surface area contributed by atoms with Crippen molar-refractivity contribution in [1.29, 1.82) is 0 Å². The molecule has 0 spiro atoms. The Labute approximate surface area is 148 Å². The summed E-state index contributed by atoms with van der Waals surface area (Å²) in [6.07, 6.45) is 0.602. The molecule has 0 amide bonds. The lowest BCUT2D eigenvalue weighted by atomic mass is 10.2. The second-order valence-electron chi connectivity index (χ2n) is 5.25. The molecule has 0 fully saturated rings. The molecule has 0 saturated carbocycles. The minimum atomic E-state index is -0.923. The largest absolute Gasteiger partial charge is 0.491 e. The maximum Gasteiger partial charge on any atom is 0.347 e. The van der Waals surface area contributed by atoms with Crippen molar-refractivity contribution in [2.24, 2.45) is 0 Å². The summed E-state index contributed by atoms with van der Waals surface area (Å²) in [6, 6.07) is 5.69. The molecule has 2 aromatic rings. The quantitative estimate of drug-likeness (QED) is 0.768. The lowest BCUT2D eigenvalue weighted by Crippen LogP contribution is -2.19. The van der Waals surface area contributed by atoms with Gasteiger partial charge in [-0.3, -0.25) is 0 Å². The van der Waals surface area contributed by atoms with Gasteiger partial charge in [-0.15, -0.1) is 11.3 Å². The Balaban J connectivity index is 2.21. The van der Waals surface area contributed by atoms with Crippen LogP contribution in [0.2, 0.25) is 0 Å². The van der Waals surface area contributed by atoms with E-state index in [2.05, 4.69) is 25.8 Å². The molecular formula is C16H19BrN2O3S. The minimum absolute atomic E-state index is 0.310. The van der Waals surface area contributed by atoms with Gasteiger partial charge in [0, 0.05) is 12.1 Å². The van der Waals surface area contributed by atoms with Crippen molar-refractivity contribution in [3.8, 4) is 16.3 Å². The number of likely N-dealkylation sites (N-methyl/N-ethyl adjacent to an activating group) is 1. The number of rotatable bonds is 7. The van der Waals surface area contributed by atoms with Gasteiger partial charge in [0.1, 0.15) is 22.2 Å². The molecule has 124 valence electrons. The molecule has 23 heavy (non-hydrogen) atoms. The second-order valence-corrected chi connectivity index (χ2v) is 7.10. The van der Waals surface area contributed by atoms with E-state index in [1.165, 1.54) is 11.3 Å². The number of aromatic nitrogens is 1. The standard InChI is InChI=1S/C16H19BrN2O3S/c1-4-12-14(16(20)21)23-15(18-12)10-5-6-13(11(17)9-10)22-8-7-19(2)3/h5-6,9H,4,7-8H2,1-3H3,(H,20,21). The number of hydrogen-bond donors (Lipinski definition) is 1. The predicted octanol–water partition coefficient (Wildman–Crippen LogP) is 3.77. The third-order valence-electron chi connectivity index (χ3n) is 3.20. The number of aryl methyl sites for hydroxylation is 1. The van der Waals surface area contributed by atoms with Crippen LogP contribution in [0.15, 0.2) is 22.7 Å². The highest BCUT2D eigenvalue weighted by molar-refractivity contribution is 9.10. The molecule has 0 unspecified atom stereocenters. The topological polar surface area (TPSA) is 62.7 Å². The molecule has 0 radical (unpaired) electrons.